The number of rotatable bonds is 6. The number of nitrogens with one attached hydrogen (secondary N) is 2. The molecule has 23 heavy (non-hydrogen) atoms. The second-order valence-corrected chi connectivity index (χ2v) is 5.27. The van der Waals surface area contributed by atoms with E-state index in [1.54, 1.807) is 30.3 Å². The molecular weight excluding hydrogens is 314 g/mol. The van der Waals surface area contributed by atoms with Gasteiger partial charge in [0.2, 0.25) is 0 Å². The molecule has 2 aromatic rings. The summed E-state index contributed by atoms with van der Waals surface area (Å²) in [6.45, 7) is 3.95. The van der Waals surface area contributed by atoms with Crippen molar-refractivity contribution in [2.45, 2.75) is 0 Å². The summed E-state index contributed by atoms with van der Waals surface area (Å²) in [4.78, 5) is 24.2. The number of hydrogen-bond donors (Lipinski definition) is 2. The maximum atomic E-state index is 11.7. The van der Waals surface area contributed by atoms with Gasteiger partial charge in [-0.05, 0) is 35.7 Å². The highest BCUT2D eigenvalue weighted by Gasteiger charge is 2.12. The highest BCUT2D eigenvalue weighted by molar-refractivity contribution is 7.11. The number of thiophene rings is 1. The summed E-state index contributed by atoms with van der Waals surface area (Å²) in [5.74, 6) is -0.995. The molecule has 0 aliphatic rings. The van der Waals surface area contributed by atoms with Crippen molar-refractivity contribution in [2.75, 3.05) is 11.9 Å². The molecular formula is C16H15N3O3S. The van der Waals surface area contributed by atoms with E-state index in [2.05, 4.69) is 22.4 Å². The first-order chi connectivity index (χ1) is 11.2. The van der Waals surface area contributed by atoms with Crippen molar-refractivity contribution in [1.29, 1.82) is 0 Å². The molecule has 1 aromatic carbocycles. The number of nitrogens with zero attached hydrogens (tertiary/aromatic N) is 1. The highest BCUT2D eigenvalue weighted by atomic mass is 32.1. The van der Waals surface area contributed by atoms with Crippen LogP contribution in [-0.2, 0) is 9.59 Å². The van der Waals surface area contributed by atoms with Crippen LogP contribution < -0.4 is 15.5 Å². The third-order valence-electron chi connectivity index (χ3n) is 2.59. The second-order valence-electron chi connectivity index (χ2n) is 4.29. The largest absolute Gasteiger partial charge is 0.490 e. The van der Waals surface area contributed by atoms with Gasteiger partial charge in [-0.25, -0.2) is 5.43 Å². The molecule has 0 aliphatic heterocycles. The molecule has 1 aromatic heterocycles. The van der Waals surface area contributed by atoms with E-state index in [1.165, 1.54) is 17.6 Å². The highest BCUT2D eigenvalue weighted by Crippen LogP contribution is 2.15. The monoisotopic (exact) mass is 329 g/mol. The van der Waals surface area contributed by atoms with Gasteiger partial charge in [0.15, 0.2) is 0 Å². The van der Waals surface area contributed by atoms with Gasteiger partial charge >= 0.3 is 11.8 Å². The second kappa shape index (κ2) is 8.50. The Labute approximate surface area is 137 Å². The molecule has 0 radical (unpaired) electrons. The standard InChI is InChI=1S/C16H15N3O3S/c1-2-9-22-13-7-5-12(6-8-13)18-15(20)16(21)19-17-11-14-4-3-10-23-14/h2-8,10-11H,1,9H2,(H,18,20)(H,19,21)/b17-11-. The topological polar surface area (TPSA) is 79.8 Å². The zero-order valence-corrected chi connectivity index (χ0v) is 13.0. The Balaban J connectivity index is 1.83. The van der Waals surface area contributed by atoms with Crippen molar-refractivity contribution in [3.05, 3.63) is 59.3 Å². The van der Waals surface area contributed by atoms with Gasteiger partial charge in [-0.3, -0.25) is 9.59 Å². The van der Waals surface area contributed by atoms with E-state index in [0.717, 1.165) is 4.88 Å². The molecule has 118 valence electrons. The van der Waals surface area contributed by atoms with Crippen LogP contribution in [0.2, 0.25) is 0 Å². The molecule has 2 rings (SSSR count). The van der Waals surface area contributed by atoms with Crippen LogP contribution in [0.4, 0.5) is 5.69 Å². The van der Waals surface area contributed by atoms with Crippen LogP contribution in [0.25, 0.3) is 0 Å². The number of amides is 2. The molecule has 1 heterocycles. The van der Waals surface area contributed by atoms with E-state index in [0.29, 0.717) is 18.0 Å². The van der Waals surface area contributed by atoms with Crippen LogP contribution in [0, 0.1) is 0 Å². The van der Waals surface area contributed by atoms with Crippen molar-refractivity contribution in [1.82, 2.24) is 5.43 Å². The summed E-state index contributed by atoms with van der Waals surface area (Å²) < 4.78 is 5.32. The van der Waals surface area contributed by atoms with Crippen molar-refractivity contribution in [2.24, 2.45) is 5.10 Å². The fourth-order valence-electron chi connectivity index (χ4n) is 1.55. The molecule has 0 fully saturated rings. The Morgan fingerprint density at radius 2 is 2.00 bits per heavy atom. The molecule has 0 unspecified atom stereocenters. The van der Waals surface area contributed by atoms with E-state index in [4.69, 9.17) is 4.74 Å². The van der Waals surface area contributed by atoms with Gasteiger partial charge in [-0.1, -0.05) is 18.7 Å². The quantitative estimate of drug-likeness (QED) is 0.370. The maximum Gasteiger partial charge on any atom is 0.329 e. The molecule has 0 atom stereocenters. The molecule has 0 saturated heterocycles. The van der Waals surface area contributed by atoms with Gasteiger partial charge in [-0.15, -0.1) is 11.3 Å². The first-order valence-corrected chi connectivity index (χ1v) is 7.58. The summed E-state index contributed by atoms with van der Waals surface area (Å²) in [6.07, 6.45) is 3.11. The molecule has 0 aliphatic carbocycles. The molecule has 0 spiro atoms. The number of carbonyl (C=O) groups excluding carboxylic acids is 2. The number of ether oxygens (including phenoxy) is 1. The average molecular weight is 329 g/mol. The minimum atomic E-state index is -0.843. The summed E-state index contributed by atoms with van der Waals surface area (Å²) >= 11 is 1.47. The van der Waals surface area contributed by atoms with Crippen LogP contribution in [0.1, 0.15) is 4.88 Å². The van der Waals surface area contributed by atoms with Gasteiger partial charge in [-0.2, -0.15) is 5.10 Å². The molecule has 6 nitrogen and oxygen atoms in total. The average Bonchev–Trinajstić information content (AvgIpc) is 3.07. The fraction of sp³-hybridized carbons (Fsp3) is 0.0625. The minimum absolute atomic E-state index is 0.399. The Hall–Kier alpha value is -2.93. The van der Waals surface area contributed by atoms with Crippen LogP contribution >= 0.6 is 11.3 Å². The van der Waals surface area contributed by atoms with Crippen molar-refractivity contribution in [3.63, 3.8) is 0 Å². The van der Waals surface area contributed by atoms with E-state index >= 15 is 0 Å². The molecule has 0 saturated carbocycles. The third kappa shape index (κ3) is 5.40. The van der Waals surface area contributed by atoms with E-state index in [9.17, 15) is 9.59 Å². The van der Waals surface area contributed by atoms with Crippen LogP contribution in [0.5, 0.6) is 5.75 Å². The van der Waals surface area contributed by atoms with Gasteiger partial charge in [0, 0.05) is 10.6 Å². The lowest BCUT2D eigenvalue weighted by Gasteiger charge is -2.06. The smallest absolute Gasteiger partial charge is 0.329 e. The van der Waals surface area contributed by atoms with E-state index in [1.807, 2.05) is 17.5 Å². The van der Waals surface area contributed by atoms with E-state index in [-0.39, 0.29) is 0 Å². The van der Waals surface area contributed by atoms with Crippen molar-refractivity contribution < 1.29 is 14.3 Å². The number of anilines is 1. The minimum Gasteiger partial charge on any atom is -0.490 e. The molecule has 2 N–H and O–H groups in total. The normalized spacial score (nSPS) is 10.3. The predicted octanol–water partition coefficient (Wildman–Crippen LogP) is 2.40. The van der Waals surface area contributed by atoms with Crippen LogP contribution in [0.3, 0.4) is 0 Å². The third-order valence-corrected chi connectivity index (χ3v) is 3.39. The maximum absolute atomic E-state index is 11.7. The summed E-state index contributed by atoms with van der Waals surface area (Å²) in [5, 5.41) is 8.08. The number of hydrazone groups is 1. The van der Waals surface area contributed by atoms with Gasteiger partial charge in [0.25, 0.3) is 0 Å². The number of hydrogen-bond acceptors (Lipinski definition) is 5. The Morgan fingerprint density at radius 3 is 2.65 bits per heavy atom. The lowest BCUT2D eigenvalue weighted by molar-refractivity contribution is -0.136. The fourth-order valence-corrected chi connectivity index (χ4v) is 2.13. The van der Waals surface area contributed by atoms with E-state index < -0.39 is 11.8 Å². The first kappa shape index (κ1) is 16.4. The Kier molecular flexibility index (Phi) is 6.07. The SMILES string of the molecule is C=CCOc1ccc(NC(=O)C(=O)N/N=C\c2cccs2)cc1. The molecule has 0 bridgehead atoms. The van der Waals surface area contributed by atoms with Crippen molar-refractivity contribution in [3.8, 4) is 5.75 Å². The summed E-state index contributed by atoms with van der Waals surface area (Å²) in [5.41, 5.74) is 2.65. The number of benzene rings is 1. The van der Waals surface area contributed by atoms with Crippen LogP contribution in [0.15, 0.2) is 59.5 Å². The Morgan fingerprint density at radius 1 is 1.22 bits per heavy atom. The van der Waals surface area contributed by atoms with Crippen LogP contribution in [-0.4, -0.2) is 24.6 Å². The lowest BCUT2D eigenvalue weighted by atomic mass is 10.3. The summed E-state index contributed by atoms with van der Waals surface area (Å²) in [7, 11) is 0. The lowest BCUT2D eigenvalue weighted by Crippen LogP contribution is -2.32. The zero-order chi connectivity index (χ0) is 16.5. The van der Waals surface area contributed by atoms with Gasteiger partial charge in [0.05, 0.1) is 6.21 Å². The van der Waals surface area contributed by atoms with Gasteiger partial charge in [0.1, 0.15) is 12.4 Å². The summed E-state index contributed by atoms with van der Waals surface area (Å²) in [6, 6.07) is 10.4. The number of carbonyl (C=O) groups is 2. The zero-order valence-electron chi connectivity index (χ0n) is 12.2. The predicted molar refractivity (Wildman–Crippen MR) is 90.8 cm³/mol. The molecule has 7 heteroatoms. The van der Waals surface area contributed by atoms with Gasteiger partial charge < -0.3 is 10.1 Å². The first-order valence-electron chi connectivity index (χ1n) is 6.70. The Bertz CT molecular complexity index is 694. The van der Waals surface area contributed by atoms with Crippen molar-refractivity contribution >= 4 is 35.1 Å². The molecule has 2 amide bonds.